The zero-order valence-electron chi connectivity index (χ0n) is 13.0. The van der Waals surface area contributed by atoms with Gasteiger partial charge in [-0.05, 0) is 25.1 Å². The first-order valence-electron chi connectivity index (χ1n) is 7.87. The summed E-state index contributed by atoms with van der Waals surface area (Å²) in [5.41, 5.74) is 3.25. The van der Waals surface area contributed by atoms with Crippen molar-refractivity contribution in [1.29, 1.82) is 0 Å². The van der Waals surface area contributed by atoms with Crippen LogP contribution in [0.1, 0.15) is 12.5 Å². The average Bonchev–Trinajstić information content (AvgIpc) is 3.25. The van der Waals surface area contributed by atoms with Crippen LogP contribution in [0.3, 0.4) is 0 Å². The smallest absolute Gasteiger partial charge is 0.134 e. The lowest BCUT2D eigenvalue weighted by Gasteiger charge is -2.07. The molecule has 3 heteroatoms. The molecular formula is C20H18N2O. The van der Waals surface area contributed by atoms with Crippen LogP contribution in [0.15, 0.2) is 76.1 Å². The number of hydrogen-bond donors (Lipinski definition) is 1. The van der Waals surface area contributed by atoms with E-state index in [9.17, 15) is 0 Å². The molecule has 3 aromatic rings. The largest absolute Gasteiger partial charge is 0.456 e. The van der Waals surface area contributed by atoms with E-state index in [0.29, 0.717) is 6.04 Å². The van der Waals surface area contributed by atoms with Gasteiger partial charge in [-0.25, -0.2) is 0 Å². The number of hydrogen-bond acceptors (Lipinski definition) is 3. The van der Waals surface area contributed by atoms with E-state index in [0.717, 1.165) is 40.6 Å². The molecule has 0 bridgehead atoms. The Balaban J connectivity index is 1.65. The number of amidine groups is 1. The highest BCUT2D eigenvalue weighted by Gasteiger charge is 2.15. The zero-order valence-corrected chi connectivity index (χ0v) is 13.0. The Morgan fingerprint density at radius 2 is 1.57 bits per heavy atom. The molecule has 0 saturated heterocycles. The maximum Gasteiger partial charge on any atom is 0.134 e. The minimum absolute atomic E-state index is 0.405. The van der Waals surface area contributed by atoms with Gasteiger partial charge in [-0.15, -0.1) is 0 Å². The summed E-state index contributed by atoms with van der Waals surface area (Å²) in [5.74, 6) is 2.72. The van der Waals surface area contributed by atoms with Crippen molar-refractivity contribution >= 4 is 5.84 Å². The van der Waals surface area contributed by atoms with Gasteiger partial charge in [-0.3, -0.25) is 4.99 Å². The molecule has 0 fully saturated rings. The molecule has 2 heterocycles. The molecular weight excluding hydrogens is 284 g/mol. The second-order valence-electron chi connectivity index (χ2n) is 5.85. The molecule has 1 aromatic heterocycles. The SMILES string of the molecule is C[C@H]1CN=C(c2cccc(-c3ccc(-c4ccccc4)o3)c2)N1. The first-order valence-corrected chi connectivity index (χ1v) is 7.87. The Morgan fingerprint density at radius 3 is 2.30 bits per heavy atom. The summed E-state index contributed by atoms with van der Waals surface area (Å²) in [7, 11) is 0. The molecule has 1 aliphatic rings. The van der Waals surface area contributed by atoms with Crippen molar-refractivity contribution < 1.29 is 4.42 Å². The van der Waals surface area contributed by atoms with E-state index in [1.165, 1.54) is 0 Å². The van der Waals surface area contributed by atoms with Crippen molar-refractivity contribution in [2.24, 2.45) is 4.99 Å². The molecule has 1 N–H and O–H groups in total. The summed E-state index contributed by atoms with van der Waals surface area (Å²) in [4.78, 5) is 4.55. The summed E-state index contributed by atoms with van der Waals surface area (Å²) in [6.45, 7) is 2.97. The fraction of sp³-hybridized carbons (Fsp3) is 0.150. The van der Waals surface area contributed by atoms with E-state index < -0.39 is 0 Å². The van der Waals surface area contributed by atoms with Crippen LogP contribution in [0.2, 0.25) is 0 Å². The van der Waals surface area contributed by atoms with Crippen molar-refractivity contribution in [3.63, 3.8) is 0 Å². The third-order valence-corrected chi connectivity index (χ3v) is 3.99. The Morgan fingerprint density at radius 1 is 0.870 bits per heavy atom. The Hall–Kier alpha value is -2.81. The molecule has 1 atom stereocenters. The number of aliphatic imine (C=N–C) groups is 1. The van der Waals surface area contributed by atoms with Gasteiger partial charge in [-0.1, -0.05) is 48.5 Å². The summed E-state index contributed by atoms with van der Waals surface area (Å²) in [5, 5.41) is 3.40. The Bertz CT molecular complexity index is 849. The molecule has 0 amide bonds. The van der Waals surface area contributed by atoms with Crippen LogP contribution in [-0.4, -0.2) is 18.4 Å². The van der Waals surface area contributed by atoms with Crippen molar-refractivity contribution in [1.82, 2.24) is 5.32 Å². The van der Waals surface area contributed by atoms with Crippen molar-refractivity contribution in [2.45, 2.75) is 13.0 Å². The van der Waals surface area contributed by atoms with Crippen LogP contribution in [0.4, 0.5) is 0 Å². The first kappa shape index (κ1) is 13.8. The highest BCUT2D eigenvalue weighted by atomic mass is 16.3. The van der Waals surface area contributed by atoms with Crippen LogP contribution in [0.5, 0.6) is 0 Å². The maximum absolute atomic E-state index is 6.03. The number of nitrogens with one attached hydrogen (secondary N) is 1. The second-order valence-corrected chi connectivity index (χ2v) is 5.85. The van der Waals surface area contributed by atoms with Crippen molar-refractivity contribution in [3.05, 3.63) is 72.3 Å². The molecule has 2 aromatic carbocycles. The number of nitrogens with zero attached hydrogens (tertiary/aromatic N) is 1. The fourth-order valence-electron chi connectivity index (χ4n) is 2.80. The molecule has 0 saturated carbocycles. The van der Waals surface area contributed by atoms with E-state index in [-0.39, 0.29) is 0 Å². The second kappa shape index (κ2) is 5.76. The van der Waals surface area contributed by atoms with E-state index >= 15 is 0 Å². The molecule has 23 heavy (non-hydrogen) atoms. The topological polar surface area (TPSA) is 37.5 Å². The molecule has 0 unspecified atom stereocenters. The highest BCUT2D eigenvalue weighted by molar-refractivity contribution is 6.00. The van der Waals surface area contributed by atoms with Gasteiger partial charge in [0, 0.05) is 22.7 Å². The van der Waals surface area contributed by atoms with Crippen LogP contribution >= 0.6 is 0 Å². The van der Waals surface area contributed by atoms with Gasteiger partial charge in [0.2, 0.25) is 0 Å². The number of rotatable bonds is 3. The Labute approximate surface area is 135 Å². The highest BCUT2D eigenvalue weighted by Crippen LogP contribution is 2.29. The third-order valence-electron chi connectivity index (χ3n) is 3.99. The minimum atomic E-state index is 0.405. The Kier molecular flexibility index (Phi) is 3.46. The van der Waals surface area contributed by atoms with E-state index in [4.69, 9.17) is 4.42 Å². The lowest BCUT2D eigenvalue weighted by Crippen LogP contribution is -2.27. The van der Waals surface area contributed by atoms with Gasteiger partial charge in [0.1, 0.15) is 17.4 Å². The summed E-state index contributed by atoms with van der Waals surface area (Å²) < 4.78 is 6.03. The molecule has 4 rings (SSSR count). The fourth-order valence-corrected chi connectivity index (χ4v) is 2.80. The van der Waals surface area contributed by atoms with Crippen molar-refractivity contribution in [2.75, 3.05) is 6.54 Å². The number of furan rings is 1. The summed E-state index contributed by atoms with van der Waals surface area (Å²) >= 11 is 0. The van der Waals surface area contributed by atoms with E-state index in [2.05, 4.69) is 47.6 Å². The quantitative estimate of drug-likeness (QED) is 0.781. The predicted octanol–water partition coefficient (Wildman–Crippen LogP) is 4.35. The first-order chi connectivity index (χ1) is 11.3. The van der Waals surface area contributed by atoms with Crippen LogP contribution < -0.4 is 5.32 Å². The normalized spacial score (nSPS) is 16.9. The molecule has 0 aliphatic carbocycles. The van der Waals surface area contributed by atoms with Crippen LogP contribution in [-0.2, 0) is 0 Å². The molecule has 1 aliphatic heterocycles. The van der Waals surface area contributed by atoms with Gasteiger partial charge in [0.15, 0.2) is 0 Å². The molecule has 114 valence electrons. The minimum Gasteiger partial charge on any atom is -0.456 e. The van der Waals surface area contributed by atoms with Crippen molar-refractivity contribution in [3.8, 4) is 22.6 Å². The zero-order chi connectivity index (χ0) is 15.6. The van der Waals surface area contributed by atoms with Gasteiger partial charge in [-0.2, -0.15) is 0 Å². The summed E-state index contributed by atoms with van der Waals surface area (Å²) in [6.07, 6.45) is 0. The third kappa shape index (κ3) is 2.78. The van der Waals surface area contributed by atoms with Gasteiger partial charge in [0.05, 0.1) is 6.54 Å². The molecule has 0 spiro atoms. The number of benzene rings is 2. The predicted molar refractivity (Wildman–Crippen MR) is 93.6 cm³/mol. The van der Waals surface area contributed by atoms with E-state index in [1.54, 1.807) is 0 Å². The van der Waals surface area contributed by atoms with E-state index in [1.807, 2.05) is 36.4 Å². The lowest BCUT2D eigenvalue weighted by atomic mass is 10.1. The molecule has 0 radical (unpaired) electrons. The van der Waals surface area contributed by atoms with Crippen LogP contribution in [0, 0.1) is 0 Å². The average molecular weight is 302 g/mol. The van der Waals surface area contributed by atoms with Gasteiger partial charge >= 0.3 is 0 Å². The van der Waals surface area contributed by atoms with Crippen LogP contribution in [0.25, 0.3) is 22.6 Å². The molecule has 3 nitrogen and oxygen atoms in total. The van der Waals surface area contributed by atoms with Gasteiger partial charge in [0.25, 0.3) is 0 Å². The maximum atomic E-state index is 6.03. The lowest BCUT2D eigenvalue weighted by molar-refractivity contribution is 0.597. The standard InChI is InChI=1S/C20H18N2O/c1-14-13-21-20(22-14)17-9-5-8-16(12-17)19-11-10-18(23-19)15-6-3-2-4-7-15/h2-12,14H,13H2,1H3,(H,21,22)/t14-/m0/s1. The van der Waals surface area contributed by atoms with Gasteiger partial charge < -0.3 is 9.73 Å². The monoisotopic (exact) mass is 302 g/mol. The summed E-state index contributed by atoms with van der Waals surface area (Å²) in [6, 6.07) is 22.9.